The van der Waals surface area contributed by atoms with Gasteiger partial charge in [-0.05, 0) is 36.1 Å². The lowest BCUT2D eigenvalue weighted by Gasteiger charge is -2.01. The molecule has 0 aromatic heterocycles. The predicted molar refractivity (Wildman–Crippen MR) is 58.0 cm³/mol. The molecule has 1 heteroatoms. The number of rotatable bonds is 4. The summed E-state index contributed by atoms with van der Waals surface area (Å²) in [6, 6.07) is 8.82. The molecule has 0 aliphatic rings. The molecule has 66 valence electrons. The quantitative estimate of drug-likeness (QED) is 0.676. The van der Waals surface area contributed by atoms with E-state index in [4.69, 9.17) is 0 Å². The molecule has 0 N–H and O–H groups in total. The van der Waals surface area contributed by atoms with E-state index in [0.29, 0.717) is 0 Å². The van der Waals surface area contributed by atoms with Crippen LogP contribution in [0.25, 0.3) is 0 Å². The minimum absolute atomic E-state index is 0.982. The first-order valence-electron chi connectivity index (χ1n) is 4.55. The van der Waals surface area contributed by atoms with Gasteiger partial charge in [-0.25, -0.2) is 0 Å². The van der Waals surface area contributed by atoms with Gasteiger partial charge in [0.05, 0.1) is 0 Å². The number of hydrogen-bond acceptors (Lipinski definition) is 1. The second kappa shape index (κ2) is 5.26. The minimum atomic E-state index is 0.982. The Morgan fingerprint density at radius 1 is 1.25 bits per heavy atom. The molecule has 0 nitrogen and oxygen atoms in total. The van der Waals surface area contributed by atoms with Crippen LogP contribution in [0.3, 0.4) is 0 Å². The molecule has 0 saturated carbocycles. The van der Waals surface area contributed by atoms with Gasteiger partial charge >= 0.3 is 0 Å². The predicted octanol–water partition coefficient (Wildman–Crippen LogP) is 3.11. The van der Waals surface area contributed by atoms with Gasteiger partial charge in [0.25, 0.3) is 0 Å². The van der Waals surface area contributed by atoms with Gasteiger partial charge in [0, 0.05) is 0 Å². The third-order valence-electron chi connectivity index (χ3n) is 2.02. The van der Waals surface area contributed by atoms with E-state index in [-0.39, 0.29) is 0 Å². The maximum Gasteiger partial charge on any atom is -0.00947 e. The van der Waals surface area contributed by atoms with Crippen molar-refractivity contribution in [3.63, 3.8) is 0 Å². The van der Waals surface area contributed by atoms with E-state index in [1.807, 2.05) is 0 Å². The average Bonchev–Trinajstić information content (AvgIpc) is 2.15. The molecule has 0 radical (unpaired) electrons. The highest BCUT2D eigenvalue weighted by Crippen LogP contribution is 2.08. The van der Waals surface area contributed by atoms with Crippen LogP contribution in [0.2, 0.25) is 0 Å². The third kappa shape index (κ3) is 2.90. The Morgan fingerprint density at radius 3 is 2.67 bits per heavy atom. The highest BCUT2D eigenvalue weighted by Gasteiger charge is 1.93. The molecule has 0 bridgehead atoms. The van der Waals surface area contributed by atoms with Gasteiger partial charge in [0.15, 0.2) is 0 Å². The Kier molecular flexibility index (Phi) is 4.23. The topological polar surface area (TPSA) is 0 Å². The van der Waals surface area contributed by atoms with Crippen molar-refractivity contribution in [1.29, 1.82) is 0 Å². The molecule has 0 unspecified atom stereocenters. The summed E-state index contributed by atoms with van der Waals surface area (Å²) in [5.74, 6) is 0.982. The molecule has 0 spiro atoms. The number of thiol groups is 1. The maximum absolute atomic E-state index is 4.20. The lowest BCUT2D eigenvalue weighted by atomic mass is 10.1. The highest BCUT2D eigenvalue weighted by atomic mass is 32.1. The average molecular weight is 180 g/mol. The van der Waals surface area contributed by atoms with Crippen LogP contribution in [0.15, 0.2) is 24.3 Å². The smallest absolute Gasteiger partial charge is 0.00947 e. The van der Waals surface area contributed by atoms with Gasteiger partial charge in [0.2, 0.25) is 0 Å². The van der Waals surface area contributed by atoms with E-state index in [1.165, 1.54) is 17.5 Å². The fraction of sp³-hybridized carbons (Fsp3) is 0.455. The van der Waals surface area contributed by atoms with Crippen LogP contribution >= 0.6 is 12.6 Å². The normalized spacial score (nSPS) is 10.2. The van der Waals surface area contributed by atoms with Gasteiger partial charge < -0.3 is 0 Å². The molecule has 0 fully saturated rings. The van der Waals surface area contributed by atoms with Crippen LogP contribution in [-0.2, 0) is 12.8 Å². The van der Waals surface area contributed by atoms with E-state index in [9.17, 15) is 0 Å². The van der Waals surface area contributed by atoms with Crippen molar-refractivity contribution in [3.8, 4) is 0 Å². The number of hydrogen-bond donors (Lipinski definition) is 1. The second-order valence-electron chi connectivity index (χ2n) is 3.00. The van der Waals surface area contributed by atoms with Gasteiger partial charge in [-0.3, -0.25) is 0 Å². The summed E-state index contributed by atoms with van der Waals surface area (Å²) in [6.45, 7) is 2.19. The Balaban J connectivity index is 2.60. The largest absolute Gasteiger partial charge is 0.179 e. The van der Waals surface area contributed by atoms with Crippen molar-refractivity contribution in [3.05, 3.63) is 35.4 Å². The summed E-state index contributed by atoms with van der Waals surface area (Å²) in [7, 11) is 0. The molecule has 12 heavy (non-hydrogen) atoms. The Labute approximate surface area is 80.4 Å². The number of aryl methyl sites for hydroxylation is 2. The van der Waals surface area contributed by atoms with E-state index in [2.05, 4.69) is 43.8 Å². The summed E-state index contributed by atoms with van der Waals surface area (Å²) >= 11 is 4.20. The van der Waals surface area contributed by atoms with Crippen LogP contribution in [-0.4, -0.2) is 5.75 Å². The molecule has 0 amide bonds. The monoisotopic (exact) mass is 180 g/mol. The van der Waals surface area contributed by atoms with Crippen molar-refractivity contribution < 1.29 is 0 Å². The van der Waals surface area contributed by atoms with Crippen molar-refractivity contribution in [2.75, 3.05) is 5.75 Å². The van der Waals surface area contributed by atoms with Gasteiger partial charge in [-0.1, -0.05) is 31.2 Å². The Bertz CT molecular complexity index is 230. The van der Waals surface area contributed by atoms with E-state index in [1.54, 1.807) is 0 Å². The first-order valence-corrected chi connectivity index (χ1v) is 5.18. The highest BCUT2D eigenvalue weighted by molar-refractivity contribution is 7.80. The summed E-state index contributed by atoms with van der Waals surface area (Å²) in [5, 5.41) is 0. The molecule has 1 aromatic carbocycles. The molecule has 0 aliphatic carbocycles. The van der Waals surface area contributed by atoms with Crippen molar-refractivity contribution in [1.82, 2.24) is 0 Å². The Morgan fingerprint density at radius 2 is 2.00 bits per heavy atom. The molecular weight excluding hydrogens is 164 g/mol. The lowest BCUT2D eigenvalue weighted by molar-refractivity contribution is 0.931. The SMILES string of the molecule is CCc1cccc(CCCS)c1. The summed E-state index contributed by atoms with van der Waals surface area (Å²) in [5.41, 5.74) is 2.88. The van der Waals surface area contributed by atoms with Crippen LogP contribution in [0, 0.1) is 0 Å². The van der Waals surface area contributed by atoms with Crippen molar-refractivity contribution in [2.24, 2.45) is 0 Å². The van der Waals surface area contributed by atoms with Crippen molar-refractivity contribution in [2.45, 2.75) is 26.2 Å². The van der Waals surface area contributed by atoms with Crippen molar-refractivity contribution >= 4 is 12.6 Å². The zero-order valence-corrected chi connectivity index (χ0v) is 8.48. The molecule has 0 atom stereocenters. The van der Waals surface area contributed by atoms with Gasteiger partial charge in [-0.2, -0.15) is 12.6 Å². The van der Waals surface area contributed by atoms with Crippen LogP contribution < -0.4 is 0 Å². The van der Waals surface area contributed by atoms with E-state index in [0.717, 1.165) is 18.6 Å². The zero-order chi connectivity index (χ0) is 8.81. The van der Waals surface area contributed by atoms with E-state index >= 15 is 0 Å². The van der Waals surface area contributed by atoms with Gasteiger partial charge in [-0.15, -0.1) is 0 Å². The molecule has 1 rings (SSSR count). The molecule has 0 saturated heterocycles. The first-order chi connectivity index (χ1) is 5.86. The molecule has 0 heterocycles. The maximum atomic E-state index is 4.20. The van der Waals surface area contributed by atoms with Gasteiger partial charge in [0.1, 0.15) is 0 Å². The molecular formula is C11H16S. The summed E-state index contributed by atoms with van der Waals surface area (Å²) in [6.07, 6.45) is 3.47. The summed E-state index contributed by atoms with van der Waals surface area (Å²) < 4.78 is 0. The van der Waals surface area contributed by atoms with Crippen LogP contribution in [0.1, 0.15) is 24.5 Å². The molecule has 0 aliphatic heterocycles. The lowest BCUT2D eigenvalue weighted by Crippen LogP contribution is -1.88. The Hall–Kier alpha value is -0.430. The minimum Gasteiger partial charge on any atom is -0.179 e. The standard InChI is InChI=1S/C11H16S/c1-2-10-5-3-6-11(9-10)7-4-8-12/h3,5-6,9,12H,2,4,7-8H2,1H3. The fourth-order valence-electron chi connectivity index (χ4n) is 1.29. The first kappa shape index (κ1) is 9.66. The summed E-state index contributed by atoms with van der Waals surface area (Å²) in [4.78, 5) is 0. The second-order valence-corrected chi connectivity index (χ2v) is 3.45. The van der Waals surface area contributed by atoms with Crippen LogP contribution in [0.4, 0.5) is 0 Å². The molecule has 1 aromatic rings. The van der Waals surface area contributed by atoms with E-state index < -0.39 is 0 Å². The zero-order valence-electron chi connectivity index (χ0n) is 7.59. The third-order valence-corrected chi connectivity index (χ3v) is 2.34. The fourth-order valence-corrected chi connectivity index (χ4v) is 1.45. The number of benzene rings is 1. The van der Waals surface area contributed by atoms with Crippen LogP contribution in [0.5, 0.6) is 0 Å².